The molecule has 2 aliphatic rings. The second-order valence-electron chi connectivity index (χ2n) is 5.46. The van der Waals surface area contributed by atoms with Gasteiger partial charge >= 0.3 is 0 Å². The van der Waals surface area contributed by atoms with Gasteiger partial charge in [-0.1, -0.05) is 6.92 Å². The summed E-state index contributed by atoms with van der Waals surface area (Å²) >= 11 is 0. The Bertz CT molecular complexity index is 300. The largest absolute Gasteiger partial charge is 0.383 e. The van der Waals surface area contributed by atoms with E-state index in [0.717, 1.165) is 38.1 Å². The van der Waals surface area contributed by atoms with Crippen LogP contribution in [0.15, 0.2) is 4.99 Å². The second kappa shape index (κ2) is 8.26. The monoisotopic (exact) mass is 382 g/mol. The summed E-state index contributed by atoms with van der Waals surface area (Å²) in [5.74, 6) is 1.76. The first-order chi connectivity index (χ1) is 8.72. The topological polar surface area (TPSA) is 48.9 Å². The lowest BCUT2D eigenvalue weighted by Gasteiger charge is -2.18. The predicted molar refractivity (Wildman–Crippen MR) is 89.3 cm³/mol. The van der Waals surface area contributed by atoms with Crippen LogP contribution in [0.1, 0.15) is 19.8 Å². The van der Waals surface area contributed by atoms with E-state index in [1.54, 1.807) is 7.11 Å². The number of hydrogen-bond acceptors (Lipinski definition) is 3. The molecule has 0 bridgehead atoms. The molecule has 3 unspecified atom stereocenters. The smallest absolute Gasteiger partial charge is 0.191 e. The minimum Gasteiger partial charge on any atom is -0.383 e. The molecule has 0 amide bonds. The molecule has 6 heteroatoms. The Balaban J connectivity index is 0.00000180. The number of guanidine groups is 1. The number of methoxy groups -OCH3 is 1. The molecule has 2 rings (SSSR count). The van der Waals surface area contributed by atoms with Gasteiger partial charge in [-0.15, -0.1) is 24.0 Å². The molecular formula is C13H27IN4O. The number of halogens is 1. The quantitative estimate of drug-likeness (QED) is 0.422. The molecule has 2 N–H and O–H groups in total. The van der Waals surface area contributed by atoms with E-state index in [4.69, 9.17) is 4.74 Å². The number of likely N-dealkylation sites (tertiary alicyclic amines) is 1. The van der Waals surface area contributed by atoms with Crippen molar-refractivity contribution in [1.29, 1.82) is 0 Å². The minimum atomic E-state index is 0. The molecule has 1 saturated heterocycles. The second-order valence-corrected chi connectivity index (χ2v) is 5.46. The average Bonchev–Trinajstić information content (AvgIpc) is 2.89. The highest BCUT2D eigenvalue weighted by molar-refractivity contribution is 14.0. The maximum Gasteiger partial charge on any atom is 0.191 e. The first kappa shape index (κ1) is 17.0. The number of nitrogens with zero attached hydrogens (tertiary/aromatic N) is 2. The standard InChI is InChI=1S/C13H26N4O.HI/c1-10-8-12(10)16-13(14-2)15-11-4-5-17(9-11)6-7-18-3;/h10-12H,4-9H2,1-3H3,(H2,14,15,16);1H. The summed E-state index contributed by atoms with van der Waals surface area (Å²) in [6.45, 7) is 6.36. The maximum atomic E-state index is 5.12. The van der Waals surface area contributed by atoms with E-state index in [1.807, 2.05) is 7.05 Å². The lowest BCUT2D eigenvalue weighted by atomic mass is 10.3. The van der Waals surface area contributed by atoms with Crippen LogP contribution in [0.2, 0.25) is 0 Å². The highest BCUT2D eigenvalue weighted by Crippen LogP contribution is 2.28. The SMILES string of the molecule is CN=C(NC1CCN(CCOC)C1)NC1CC1C.I. The zero-order valence-corrected chi connectivity index (χ0v) is 14.5. The lowest BCUT2D eigenvalue weighted by Crippen LogP contribution is -2.45. The zero-order valence-electron chi connectivity index (χ0n) is 12.2. The van der Waals surface area contributed by atoms with Crippen molar-refractivity contribution in [2.75, 3.05) is 40.4 Å². The fourth-order valence-corrected chi connectivity index (χ4v) is 2.44. The van der Waals surface area contributed by atoms with Crippen molar-refractivity contribution in [3.63, 3.8) is 0 Å². The van der Waals surface area contributed by atoms with Crippen LogP contribution in [0.25, 0.3) is 0 Å². The van der Waals surface area contributed by atoms with Crippen LogP contribution in [-0.2, 0) is 4.74 Å². The summed E-state index contributed by atoms with van der Waals surface area (Å²) < 4.78 is 5.12. The number of nitrogens with one attached hydrogen (secondary N) is 2. The molecule has 0 spiro atoms. The predicted octanol–water partition coefficient (Wildman–Crippen LogP) is 0.899. The van der Waals surface area contributed by atoms with Crippen LogP contribution in [-0.4, -0.2) is 63.3 Å². The first-order valence-corrected chi connectivity index (χ1v) is 6.94. The van der Waals surface area contributed by atoms with Gasteiger partial charge in [-0.25, -0.2) is 0 Å². The van der Waals surface area contributed by atoms with Gasteiger partial charge in [0.15, 0.2) is 5.96 Å². The molecule has 0 aromatic heterocycles. The van der Waals surface area contributed by atoms with E-state index in [1.165, 1.54) is 12.8 Å². The first-order valence-electron chi connectivity index (χ1n) is 6.94. The molecule has 1 heterocycles. The molecule has 5 nitrogen and oxygen atoms in total. The highest BCUT2D eigenvalue weighted by Gasteiger charge is 2.33. The third kappa shape index (κ3) is 5.43. The molecular weight excluding hydrogens is 355 g/mol. The average molecular weight is 382 g/mol. The van der Waals surface area contributed by atoms with Crippen LogP contribution in [0.3, 0.4) is 0 Å². The third-order valence-corrected chi connectivity index (χ3v) is 3.88. The van der Waals surface area contributed by atoms with E-state index in [-0.39, 0.29) is 24.0 Å². The molecule has 3 atom stereocenters. The summed E-state index contributed by atoms with van der Waals surface area (Å²) in [5, 5.41) is 6.99. The Morgan fingerprint density at radius 1 is 1.42 bits per heavy atom. The van der Waals surface area contributed by atoms with Gasteiger partial charge in [-0.2, -0.15) is 0 Å². The van der Waals surface area contributed by atoms with Gasteiger partial charge in [0, 0.05) is 45.9 Å². The van der Waals surface area contributed by atoms with E-state index in [2.05, 4.69) is 27.4 Å². The van der Waals surface area contributed by atoms with Crippen LogP contribution >= 0.6 is 24.0 Å². The maximum absolute atomic E-state index is 5.12. The van der Waals surface area contributed by atoms with Gasteiger partial charge in [0.2, 0.25) is 0 Å². The van der Waals surface area contributed by atoms with Crippen LogP contribution in [0, 0.1) is 5.92 Å². The number of hydrogen-bond donors (Lipinski definition) is 2. The Morgan fingerprint density at radius 3 is 2.74 bits per heavy atom. The van der Waals surface area contributed by atoms with Gasteiger partial charge in [0.05, 0.1) is 6.61 Å². The third-order valence-electron chi connectivity index (χ3n) is 3.88. The Labute approximate surface area is 133 Å². The van der Waals surface area contributed by atoms with Crippen LogP contribution in [0.5, 0.6) is 0 Å². The Morgan fingerprint density at radius 2 is 2.16 bits per heavy atom. The molecule has 112 valence electrons. The zero-order chi connectivity index (χ0) is 13.0. The Hall–Kier alpha value is -0.0800. The molecule has 2 fully saturated rings. The number of rotatable bonds is 5. The van der Waals surface area contributed by atoms with Crippen molar-refractivity contribution in [3.8, 4) is 0 Å². The van der Waals surface area contributed by atoms with Gasteiger partial charge in [0.1, 0.15) is 0 Å². The highest BCUT2D eigenvalue weighted by atomic mass is 127. The van der Waals surface area contributed by atoms with Crippen molar-refractivity contribution in [1.82, 2.24) is 15.5 Å². The summed E-state index contributed by atoms with van der Waals surface area (Å²) in [7, 11) is 3.61. The van der Waals surface area contributed by atoms with E-state index < -0.39 is 0 Å². The van der Waals surface area contributed by atoms with Crippen molar-refractivity contribution >= 4 is 29.9 Å². The molecule has 0 aromatic carbocycles. The van der Waals surface area contributed by atoms with Crippen LogP contribution in [0.4, 0.5) is 0 Å². The van der Waals surface area contributed by atoms with E-state index >= 15 is 0 Å². The number of ether oxygens (including phenoxy) is 1. The fraction of sp³-hybridized carbons (Fsp3) is 0.923. The Kier molecular flexibility index (Phi) is 7.38. The fourth-order valence-electron chi connectivity index (χ4n) is 2.44. The minimum absolute atomic E-state index is 0. The van der Waals surface area contributed by atoms with Gasteiger partial charge in [0.25, 0.3) is 0 Å². The number of aliphatic imine (C=N–C) groups is 1. The van der Waals surface area contributed by atoms with Crippen molar-refractivity contribution in [3.05, 3.63) is 0 Å². The lowest BCUT2D eigenvalue weighted by molar-refractivity contribution is 0.160. The van der Waals surface area contributed by atoms with Gasteiger partial charge in [-0.3, -0.25) is 9.89 Å². The molecule has 1 aliphatic heterocycles. The van der Waals surface area contributed by atoms with E-state index in [9.17, 15) is 0 Å². The van der Waals surface area contributed by atoms with Gasteiger partial charge < -0.3 is 15.4 Å². The summed E-state index contributed by atoms with van der Waals surface area (Å²) in [5.41, 5.74) is 0. The summed E-state index contributed by atoms with van der Waals surface area (Å²) in [4.78, 5) is 6.74. The molecule has 0 radical (unpaired) electrons. The molecule has 0 aromatic rings. The van der Waals surface area contributed by atoms with E-state index in [0.29, 0.717) is 12.1 Å². The van der Waals surface area contributed by atoms with Gasteiger partial charge in [-0.05, 0) is 18.8 Å². The van der Waals surface area contributed by atoms with Crippen LogP contribution < -0.4 is 10.6 Å². The van der Waals surface area contributed by atoms with Crippen molar-refractivity contribution < 1.29 is 4.74 Å². The summed E-state index contributed by atoms with van der Waals surface area (Å²) in [6, 6.07) is 1.14. The van der Waals surface area contributed by atoms with Crippen molar-refractivity contribution in [2.24, 2.45) is 10.9 Å². The molecule has 1 saturated carbocycles. The summed E-state index contributed by atoms with van der Waals surface area (Å²) in [6.07, 6.45) is 2.45. The molecule has 1 aliphatic carbocycles. The van der Waals surface area contributed by atoms with Crippen molar-refractivity contribution in [2.45, 2.75) is 31.8 Å². The normalized spacial score (nSPS) is 30.9. The molecule has 19 heavy (non-hydrogen) atoms.